The summed E-state index contributed by atoms with van der Waals surface area (Å²) in [5.74, 6) is 0.176. The SMILES string of the molecule is COCCC(=O)N(C)[C@@H]1CCNC1.Cl. The summed E-state index contributed by atoms with van der Waals surface area (Å²) in [4.78, 5) is 13.3. The molecule has 4 nitrogen and oxygen atoms in total. The smallest absolute Gasteiger partial charge is 0.224 e. The number of carbonyl (C=O) groups excluding carboxylic acids is 1. The minimum atomic E-state index is 0. The molecule has 1 aliphatic heterocycles. The maximum Gasteiger partial charge on any atom is 0.224 e. The molecular weight excluding hydrogens is 204 g/mol. The lowest BCUT2D eigenvalue weighted by Gasteiger charge is -2.23. The van der Waals surface area contributed by atoms with E-state index in [-0.39, 0.29) is 18.3 Å². The first-order chi connectivity index (χ1) is 6.25. The number of nitrogens with zero attached hydrogens (tertiary/aromatic N) is 1. The van der Waals surface area contributed by atoms with E-state index in [9.17, 15) is 4.79 Å². The van der Waals surface area contributed by atoms with Crippen molar-refractivity contribution in [1.82, 2.24) is 10.2 Å². The number of methoxy groups -OCH3 is 1. The van der Waals surface area contributed by atoms with Crippen molar-refractivity contribution >= 4 is 18.3 Å². The Morgan fingerprint density at radius 2 is 2.36 bits per heavy atom. The normalized spacial score (nSPS) is 20.3. The summed E-state index contributed by atoms with van der Waals surface area (Å²) in [5, 5.41) is 3.24. The van der Waals surface area contributed by atoms with Crippen molar-refractivity contribution in [3.8, 4) is 0 Å². The first-order valence-electron chi connectivity index (χ1n) is 4.71. The number of rotatable bonds is 4. The molecule has 1 rings (SSSR count). The van der Waals surface area contributed by atoms with Gasteiger partial charge in [-0.2, -0.15) is 0 Å². The lowest BCUT2D eigenvalue weighted by atomic mass is 10.2. The second-order valence-corrected chi connectivity index (χ2v) is 3.39. The molecule has 14 heavy (non-hydrogen) atoms. The van der Waals surface area contributed by atoms with Gasteiger partial charge in [0.1, 0.15) is 0 Å². The number of halogens is 1. The summed E-state index contributed by atoms with van der Waals surface area (Å²) in [6.07, 6.45) is 1.55. The van der Waals surface area contributed by atoms with Crippen LogP contribution in [0.2, 0.25) is 0 Å². The average molecular weight is 223 g/mol. The number of carbonyl (C=O) groups is 1. The average Bonchev–Trinajstić information content (AvgIpc) is 2.65. The molecule has 0 aromatic heterocycles. The van der Waals surface area contributed by atoms with Gasteiger partial charge >= 0.3 is 0 Å². The van der Waals surface area contributed by atoms with Crippen LogP contribution in [0.4, 0.5) is 0 Å². The number of amides is 1. The highest BCUT2D eigenvalue weighted by atomic mass is 35.5. The van der Waals surface area contributed by atoms with E-state index >= 15 is 0 Å². The minimum absolute atomic E-state index is 0. The van der Waals surface area contributed by atoms with Crippen molar-refractivity contribution in [3.63, 3.8) is 0 Å². The van der Waals surface area contributed by atoms with Gasteiger partial charge in [0.05, 0.1) is 13.0 Å². The molecule has 0 bridgehead atoms. The van der Waals surface area contributed by atoms with Crippen LogP contribution in [0.1, 0.15) is 12.8 Å². The largest absolute Gasteiger partial charge is 0.384 e. The Kier molecular flexibility index (Phi) is 6.87. The van der Waals surface area contributed by atoms with Crippen LogP contribution in [-0.4, -0.2) is 50.7 Å². The number of hydrogen-bond donors (Lipinski definition) is 1. The van der Waals surface area contributed by atoms with Crippen LogP contribution in [-0.2, 0) is 9.53 Å². The fraction of sp³-hybridized carbons (Fsp3) is 0.889. The molecule has 1 amide bonds. The molecule has 5 heteroatoms. The summed E-state index contributed by atoms with van der Waals surface area (Å²) < 4.78 is 4.86. The van der Waals surface area contributed by atoms with E-state index in [1.54, 1.807) is 7.11 Å². The van der Waals surface area contributed by atoms with Gasteiger partial charge < -0.3 is 15.0 Å². The van der Waals surface area contributed by atoms with Gasteiger partial charge in [-0.1, -0.05) is 0 Å². The third-order valence-electron chi connectivity index (χ3n) is 2.50. The van der Waals surface area contributed by atoms with E-state index in [4.69, 9.17) is 4.74 Å². The van der Waals surface area contributed by atoms with Crippen molar-refractivity contribution in [1.29, 1.82) is 0 Å². The van der Waals surface area contributed by atoms with Gasteiger partial charge in [-0.15, -0.1) is 12.4 Å². The third-order valence-corrected chi connectivity index (χ3v) is 2.50. The van der Waals surface area contributed by atoms with Gasteiger partial charge in [0.2, 0.25) is 5.91 Å². The quantitative estimate of drug-likeness (QED) is 0.742. The Labute approximate surface area is 91.4 Å². The minimum Gasteiger partial charge on any atom is -0.384 e. The topological polar surface area (TPSA) is 41.6 Å². The third kappa shape index (κ3) is 3.82. The van der Waals surface area contributed by atoms with Gasteiger partial charge in [-0.25, -0.2) is 0 Å². The molecule has 1 heterocycles. The van der Waals surface area contributed by atoms with E-state index in [2.05, 4.69) is 5.32 Å². The first-order valence-corrected chi connectivity index (χ1v) is 4.71. The second kappa shape index (κ2) is 7.04. The zero-order valence-corrected chi connectivity index (χ0v) is 9.60. The van der Waals surface area contributed by atoms with Crippen molar-refractivity contribution in [2.75, 3.05) is 33.9 Å². The molecule has 1 aliphatic rings. The zero-order chi connectivity index (χ0) is 9.68. The molecule has 1 N–H and O–H groups in total. The molecular formula is C9H19ClN2O2. The molecule has 84 valence electrons. The van der Waals surface area contributed by atoms with Crippen LogP contribution in [0.25, 0.3) is 0 Å². The Hall–Kier alpha value is -0.320. The predicted molar refractivity (Wildman–Crippen MR) is 57.8 cm³/mol. The van der Waals surface area contributed by atoms with Crippen molar-refractivity contribution in [2.45, 2.75) is 18.9 Å². The predicted octanol–water partition coefficient (Wildman–Crippen LogP) is 0.265. The standard InChI is InChI=1S/C9H18N2O2.ClH/c1-11(8-3-5-10-7-8)9(12)4-6-13-2;/h8,10H,3-7H2,1-2H3;1H/t8-;/m1./s1. The summed E-state index contributed by atoms with van der Waals surface area (Å²) >= 11 is 0. The fourth-order valence-corrected chi connectivity index (χ4v) is 1.54. The van der Waals surface area contributed by atoms with E-state index < -0.39 is 0 Å². The highest BCUT2D eigenvalue weighted by Crippen LogP contribution is 2.07. The molecule has 0 saturated carbocycles. The summed E-state index contributed by atoms with van der Waals surface area (Å²) in [6.45, 7) is 2.46. The van der Waals surface area contributed by atoms with Crippen LogP contribution < -0.4 is 5.32 Å². The van der Waals surface area contributed by atoms with Crippen molar-refractivity contribution in [3.05, 3.63) is 0 Å². The highest BCUT2D eigenvalue weighted by molar-refractivity contribution is 5.85. The van der Waals surface area contributed by atoms with Crippen molar-refractivity contribution < 1.29 is 9.53 Å². The van der Waals surface area contributed by atoms with Gasteiger partial charge in [0.15, 0.2) is 0 Å². The number of likely N-dealkylation sites (N-methyl/N-ethyl adjacent to an activating group) is 1. The first kappa shape index (κ1) is 13.7. The molecule has 0 aromatic carbocycles. The summed E-state index contributed by atoms with van der Waals surface area (Å²) in [7, 11) is 3.49. The lowest BCUT2D eigenvalue weighted by molar-refractivity contribution is -0.132. The van der Waals surface area contributed by atoms with E-state index in [0.717, 1.165) is 19.5 Å². The maximum atomic E-state index is 11.5. The van der Waals surface area contributed by atoms with Crippen LogP contribution in [0.3, 0.4) is 0 Å². The van der Waals surface area contributed by atoms with Crippen LogP contribution in [0, 0.1) is 0 Å². The molecule has 1 fully saturated rings. The number of nitrogens with one attached hydrogen (secondary N) is 1. The zero-order valence-electron chi connectivity index (χ0n) is 8.78. The molecule has 0 unspecified atom stereocenters. The van der Waals surface area contributed by atoms with E-state index in [1.807, 2.05) is 11.9 Å². The van der Waals surface area contributed by atoms with Gasteiger partial charge in [-0.05, 0) is 13.0 Å². The van der Waals surface area contributed by atoms with Crippen LogP contribution >= 0.6 is 12.4 Å². The Bertz CT molecular complexity index is 172. The fourth-order valence-electron chi connectivity index (χ4n) is 1.54. The highest BCUT2D eigenvalue weighted by Gasteiger charge is 2.22. The molecule has 1 atom stereocenters. The molecule has 0 aromatic rings. The van der Waals surface area contributed by atoms with Gasteiger partial charge in [-0.3, -0.25) is 4.79 Å². The lowest BCUT2D eigenvalue weighted by Crippen LogP contribution is -2.38. The molecule has 0 aliphatic carbocycles. The van der Waals surface area contributed by atoms with Crippen LogP contribution in [0.5, 0.6) is 0 Å². The molecule has 1 saturated heterocycles. The van der Waals surface area contributed by atoms with E-state index in [1.165, 1.54) is 0 Å². The Morgan fingerprint density at radius 1 is 1.64 bits per heavy atom. The number of hydrogen-bond acceptors (Lipinski definition) is 3. The summed E-state index contributed by atoms with van der Waals surface area (Å²) in [5.41, 5.74) is 0. The van der Waals surface area contributed by atoms with Gasteiger partial charge in [0, 0.05) is 26.7 Å². The Balaban J connectivity index is 0.00000169. The van der Waals surface area contributed by atoms with E-state index in [0.29, 0.717) is 19.1 Å². The van der Waals surface area contributed by atoms with Crippen molar-refractivity contribution in [2.24, 2.45) is 0 Å². The van der Waals surface area contributed by atoms with Crippen LogP contribution in [0.15, 0.2) is 0 Å². The maximum absolute atomic E-state index is 11.5. The molecule has 0 radical (unpaired) electrons. The Morgan fingerprint density at radius 3 is 2.86 bits per heavy atom. The monoisotopic (exact) mass is 222 g/mol. The molecule has 0 spiro atoms. The summed E-state index contributed by atoms with van der Waals surface area (Å²) in [6, 6.07) is 0.379. The second-order valence-electron chi connectivity index (χ2n) is 3.39. The number of ether oxygens (including phenoxy) is 1. The van der Waals surface area contributed by atoms with Gasteiger partial charge in [0.25, 0.3) is 0 Å².